The van der Waals surface area contributed by atoms with E-state index < -0.39 is 11.7 Å². The van der Waals surface area contributed by atoms with E-state index in [0.717, 1.165) is 5.56 Å². The summed E-state index contributed by atoms with van der Waals surface area (Å²) in [6.07, 6.45) is 0. The molecule has 0 N–H and O–H groups in total. The first-order valence-corrected chi connectivity index (χ1v) is 7.43. The monoisotopic (exact) mass is 293 g/mol. The molecule has 1 aliphatic rings. The molecule has 2 aromatic carbocycles. The van der Waals surface area contributed by atoms with E-state index in [1.54, 1.807) is 17.0 Å². The van der Waals surface area contributed by atoms with Crippen molar-refractivity contribution in [2.45, 2.75) is 32.7 Å². The Morgan fingerprint density at radius 2 is 1.55 bits per heavy atom. The van der Waals surface area contributed by atoms with Gasteiger partial charge in [0.2, 0.25) is 0 Å². The molecule has 3 heteroatoms. The largest absolute Gasteiger partial charge is 0.300 e. The van der Waals surface area contributed by atoms with Gasteiger partial charge in [-0.15, -0.1) is 0 Å². The lowest BCUT2D eigenvalue weighted by atomic mass is 9.83. The van der Waals surface area contributed by atoms with Gasteiger partial charge in [0, 0.05) is 0 Å². The van der Waals surface area contributed by atoms with E-state index in [-0.39, 0.29) is 5.41 Å². The lowest BCUT2D eigenvalue weighted by Gasteiger charge is -2.25. The number of benzene rings is 2. The van der Waals surface area contributed by atoms with Gasteiger partial charge in [-0.3, -0.25) is 9.59 Å². The first-order valence-electron chi connectivity index (χ1n) is 7.43. The zero-order chi connectivity index (χ0) is 15.9. The minimum Gasteiger partial charge on any atom is -0.300 e. The Hall–Kier alpha value is -2.42. The maximum atomic E-state index is 12.3. The molecule has 0 fully saturated rings. The smallest absolute Gasteiger partial charge is 0.299 e. The molecule has 0 spiro atoms. The zero-order valence-electron chi connectivity index (χ0n) is 13.1. The number of rotatable bonds is 2. The molecular formula is C19H19NO2. The Labute approximate surface area is 130 Å². The summed E-state index contributed by atoms with van der Waals surface area (Å²) in [6, 6.07) is 15.3. The number of fused-ring (bicyclic) bond motifs is 1. The summed E-state index contributed by atoms with van der Waals surface area (Å²) in [6.45, 7) is 6.87. The number of hydrogen-bond donors (Lipinski definition) is 0. The Kier molecular flexibility index (Phi) is 3.36. The highest BCUT2D eigenvalue weighted by Crippen LogP contribution is 2.32. The van der Waals surface area contributed by atoms with Crippen molar-refractivity contribution >= 4 is 17.4 Å². The predicted molar refractivity (Wildman–Crippen MR) is 87.1 cm³/mol. The highest BCUT2D eigenvalue weighted by molar-refractivity contribution is 6.52. The van der Waals surface area contributed by atoms with Gasteiger partial charge in [0.25, 0.3) is 11.7 Å². The molecule has 1 amide bonds. The minimum absolute atomic E-state index is 0.0110. The minimum atomic E-state index is -0.440. The fourth-order valence-electron chi connectivity index (χ4n) is 2.97. The van der Waals surface area contributed by atoms with Crippen LogP contribution in [0.3, 0.4) is 0 Å². The van der Waals surface area contributed by atoms with Crippen LogP contribution in [0.4, 0.5) is 5.69 Å². The topological polar surface area (TPSA) is 37.4 Å². The van der Waals surface area contributed by atoms with Crippen molar-refractivity contribution in [2.75, 3.05) is 4.90 Å². The van der Waals surface area contributed by atoms with E-state index in [9.17, 15) is 9.59 Å². The fraction of sp³-hybridized carbons (Fsp3) is 0.263. The van der Waals surface area contributed by atoms with Crippen LogP contribution in [0.5, 0.6) is 0 Å². The molecule has 3 nitrogen and oxygen atoms in total. The van der Waals surface area contributed by atoms with Crippen molar-refractivity contribution in [1.29, 1.82) is 0 Å². The molecule has 0 aromatic heterocycles. The summed E-state index contributed by atoms with van der Waals surface area (Å²) < 4.78 is 0. The summed E-state index contributed by atoms with van der Waals surface area (Å²) in [4.78, 5) is 26.0. The third-order valence-electron chi connectivity index (χ3n) is 4.03. The molecule has 22 heavy (non-hydrogen) atoms. The first-order chi connectivity index (χ1) is 10.4. The van der Waals surface area contributed by atoms with Crippen LogP contribution in [0.25, 0.3) is 0 Å². The van der Waals surface area contributed by atoms with Gasteiger partial charge in [-0.25, -0.2) is 0 Å². The van der Waals surface area contributed by atoms with Crippen LogP contribution in [-0.2, 0) is 16.8 Å². The van der Waals surface area contributed by atoms with Gasteiger partial charge < -0.3 is 4.90 Å². The normalized spacial score (nSPS) is 14.4. The number of Topliss-reactive ketones (excluding diaryl/α,β-unsaturated/α-hetero) is 1. The van der Waals surface area contributed by atoms with E-state index in [0.29, 0.717) is 17.8 Å². The van der Waals surface area contributed by atoms with Crippen molar-refractivity contribution in [3.05, 3.63) is 65.2 Å². The SMILES string of the molecule is CC(C)(C)c1ccccc1CN1C(=O)C(=O)c2ccccc21. The van der Waals surface area contributed by atoms with Crippen LogP contribution in [0.15, 0.2) is 48.5 Å². The Morgan fingerprint density at radius 1 is 0.909 bits per heavy atom. The van der Waals surface area contributed by atoms with Gasteiger partial charge in [0.15, 0.2) is 0 Å². The zero-order valence-corrected chi connectivity index (χ0v) is 13.1. The first kappa shape index (κ1) is 14.5. The van der Waals surface area contributed by atoms with E-state index in [1.807, 2.05) is 30.3 Å². The molecule has 0 unspecified atom stereocenters. The Morgan fingerprint density at radius 3 is 2.27 bits per heavy atom. The second-order valence-corrected chi connectivity index (χ2v) is 6.64. The van der Waals surface area contributed by atoms with Crippen molar-refractivity contribution in [2.24, 2.45) is 0 Å². The number of ketones is 1. The highest BCUT2D eigenvalue weighted by atomic mass is 16.2. The predicted octanol–water partition coefficient (Wildman–Crippen LogP) is 3.71. The van der Waals surface area contributed by atoms with Crippen LogP contribution in [0.2, 0.25) is 0 Å². The van der Waals surface area contributed by atoms with Gasteiger partial charge in [-0.2, -0.15) is 0 Å². The second kappa shape index (κ2) is 5.09. The Bertz CT molecular complexity index is 756. The van der Waals surface area contributed by atoms with Gasteiger partial charge in [0.1, 0.15) is 0 Å². The average Bonchev–Trinajstić information content (AvgIpc) is 2.72. The molecule has 0 saturated carbocycles. The van der Waals surface area contributed by atoms with Crippen molar-refractivity contribution in [1.82, 2.24) is 0 Å². The number of anilines is 1. The van der Waals surface area contributed by atoms with Crippen LogP contribution in [0.1, 0.15) is 42.3 Å². The van der Waals surface area contributed by atoms with Crippen molar-refractivity contribution < 1.29 is 9.59 Å². The summed E-state index contributed by atoms with van der Waals surface area (Å²) in [7, 11) is 0. The summed E-state index contributed by atoms with van der Waals surface area (Å²) in [5, 5.41) is 0. The van der Waals surface area contributed by atoms with E-state index >= 15 is 0 Å². The number of para-hydroxylation sites is 1. The van der Waals surface area contributed by atoms with Crippen molar-refractivity contribution in [3.63, 3.8) is 0 Å². The average molecular weight is 293 g/mol. The molecular weight excluding hydrogens is 274 g/mol. The number of carbonyl (C=O) groups excluding carboxylic acids is 2. The standard InChI is InChI=1S/C19H19NO2/c1-19(2,3)15-10-6-4-8-13(15)12-20-16-11-7-5-9-14(16)17(21)18(20)22/h4-11H,12H2,1-3H3. The maximum Gasteiger partial charge on any atom is 0.299 e. The molecule has 1 aliphatic heterocycles. The molecule has 2 aromatic rings. The van der Waals surface area contributed by atoms with Gasteiger partial charge in [-0.1, -0.05) is 57.2 Å². The summed E-state index contributed by atoms with van der Waals surface area (Å²) in [5.74, 6) is -0.853. The number of nitrogens with zero attached hydrogens (tertiary/aromatic N) is 1. The molecule has 0 radical (unpaired) electrons. The molecule has 0 saturated heterocycles. The molecule has 112 valence electrons. The lowest BCUT2D eigenvalue weighted by molar-refractivity contribution is -0.114. The fourth-order valence-corrected chi connectivity index (χ4v) is 2.97. The lowest BCUT2D eigenvalue weighted by Crippen LogP contribution is -2.30. The number of hydrogen-bond acceptors (Lipinski definition) is 2. The highest BCUT2D eigenvalue weighted by Gasteiger charge is 2.35. The quantitative estimate of drug-likeness (QED) is 0.791. The summed E-state index contributed by atoms with van der Waals surface area (Å²) >= 11 is 0. The third kappa shape index (κ3) is 2.33. The number of carbonyl (C=O) groups is 2. The van der Waals surface area contributed by atoms with Crippen LogP contribution in [0, 0.1) is 0 Å². The van der Waals surface area contributed by atoms with Gasteiger partial charge in [-0.05, 0) is 28.7 Å². The number of amides is 1. The van der Waals surface area contributed by atoms with Gasteiger partial charge >= 0.3 is 0 Å². The molecule has 3 rings (SSSR count). The van der Waals surface area contributed by atoms with Crippen LogP contribution < -0.4 is 4.90 Å². The third-order valence-corrected chi connectivity index (χ3v) is 4.03. The summed E-state index contributed by atoms with van der Waals surface area (Å²) in [5.41, 5.74) is 3.47. The van der Waals surface area contributed by atoms with E-state index in [2.05, 4.69) is 26.8 Å². The van der Waals surface area contributed by atoms with Crippen LogP contribution in [-0.4, -0.2) is 11.7 Å². The van der Waals surface area contributed by atoms with Gasteiger partial charge in [0.05, 0.1) is 17.8 Å². The second-order valence-electron chi connectivity index (χ2n) is 6.64. The van der Waals surface area contributed by atoms with E-state index in [4.69, 9.17) is 0 Å². The molecule has 0 bridgehead atoms. The van der Waals surface area contributed by atoms with Crippen molar-refractivity contribution in [3.8, 4) is 0 Å². The van der Waals surface area contributed by atoms with Crippen LogP contribution >= 0.6 is 0 Å². The maximum absolute atomic E-state index is 12.3. The molecule has 0 atom stereocenters. The molecule has 1 heterocycles. The molecule has 0 aliphatic carbocycles. The van der Waals surface area contributed by atoms with E-state index in [1.165, 1.54) is 5.56 Å². The Balaban J connectivity index is 2.02.